The van der Waals surface area contributed by atoms with Crippen molar-refractivity contribution in [2.75, 3.05) is 0 Å². The van der Waals surface area contributed by atoms with Gasteiger partial charge in [-0.05, 0) is 37.5 Å². The maximum Gasteiger partial charge on any atom is 0.408 e. The molecule has 0 bridgehead atoms. The molecule has 0 heterocycles. The Hall–Kier alpha value is -1.50. The molecule has 0 saturated heterocycles. The zero-order valence-corrected chi connectivity index (χ0v) is 12.9. The lowest BCUT2D eigenvalue weighted by Crippen LogP contribution is -2.48. The molecule has 4 heteroatoms. The van der Waals surface area contributed by atoms with E-state index >= 15 is 0 Å². The van der Waals surface area contributed by atoms with Crippen molar-refractivity contribution in [2.45, 2.75) is 65.5 Å². The fourth-order valence-corrected chi connectivity index (χ4v) is 2.35. The molecule has 4 nitrogen and oxygen atoms in total. The van der Waals surface area contributed by atoms with Crippen LogP contribution in [0.3, 0.4) is 0 Å². The predicted octanol–water partition coefficient (Wildman–Crippen LogP) is 2.91. The molecule has 1 N–H and O–H groups in total. The number of hydrogen-bond acceptors (Lipinski definition) is 3. The number of terminal acetylenes is 1. The molecule has 1 aliphatic rings. The first-order valence-corrected chi connectivity index (χ1v) is 7.16. The first-order chi connectivity index (χ1) is 9.25. The summed E-state index contributed by atoms with van der Waals surface area (Å²) in [5.41, 5.74) is -0.319. The highest BCUT2D eigenvalue weighted by molar-refractivity contribution is 5.86. The largest absolute Gasteiger partial charge is 0.446 e. The van der Waals surface area contributed by atoms with Crippen molar-refractivity contribution in [1.82, 2.24) is 5.32 Å². The number of ether oxygens (including phenoxy) is 1. The number of hydrogen-bond donors (Lipinski definition) is 1. The molecule has 0 radical (unpaired) electrons. The molecule has 0 aliphatic heterocycles. The normalized spacial score (nSPS) is 22.6. The van der Waals surface area contributed by atoms with Gasteiger partial charge in [-0.1, -0.05) is 20.8 Å². The Morgan fingerprint density at radius 3 is 2.60 bits per heavy atom. The first kappa shape index (κ1) is 16.6. The number of carbonyl (C=O) groups excluding carboxylic acids is 2. The number of ketones is 1. The summed E-state index contributed by atoms with van der Waals surface area (Å²) in [6, 6.07) is -0.520. The molecule has 0 aromatic rings. The summed E-state index contributed by atoms with van der Waals surface area (Å²) in [4.78, 5) is 23.4. The Morgan fingerprint density at radius 1 is 1.45 bits per heavy atom. The maximum atomic E-state index is 11.8. The highest BCUT2D eigenvalue weighted by Gasteiger charge is 2.41. The van der Waals surface area contributed by atoms with Gasteiger partial charge in [-0.25, -0.2) is 4.79 Å². The number of nitrogens with one attached hydrogen (secondary N) is 1. The predicted molar refractivity (Wildman–Crippen MR) is 78.1 cm³/mol. The molecule has 0 aromatic heterocycles. The Bertz CT molecular complexity index is 403. The van der Waals surface area contributed by atoms with Crippen molar-refractivity contribution in [3.8, 4) is 12.3 Å². The van der Waals surface area contributed by atoms with Crippen LogP contribution in [-0.2, 0) is 9.53 Å². The van der Waals surface area contributed by atoms with Crippen LogP contribution in [-0.4, -0.2) is 24.0 Å². The molecule has 1 rings (SSSR count). The molecule has 20 heavy (non-hydrogen) atoms. The monoisotopic (exact) mass is 279 g/mol. The summed E-state index contributed by atoms with van der Waals surface area (Å²) in [7, 11) is 0. The lowest BCUT2D eigenvalue weighted by Gasteiger charge is -2.28. The Morgan fingerprint density at radius 2 is 2.10 bits per heavy atom. The van der Waals surface area contributed by atoms with Gasteiger partial charge in [0.15, 0.2) is 5.78 Å². The second kappa shape index (κ2) is 6.78. The van der Waals surface area contributed by atoms with Gasteiger partial charge in [-0.2, -0.15) is 0 Å². The van der Waals surface area contributed by atoms with E-state index in [0.29, 0.717) is 5.92 Å². The SMILES string of the molecule is C#CCCC[C@@H]1C[C@H]1OC(=O)N[C@H](C(C)=O)C(C)(C)C. The fraction of sp³-hybridized carbons (Fsp3) is 0.750. The van der Waals surface area contributed by atoms with E-state index in [1.807, 2.05) is 20.8 Å². The minimum Gasteiger partial charge on any atom is -0.446 e. The van der Waals surface area contributed by atoms with Gasteiger partial charge < -0.3 is 10.1 Å². The van der Waals surface area contributed by atoms with Crippen LogP contribution in [0.4, 0.5) is 4.79 Å². The minimum absolute atomic E-state index is 0.0136. The third-order valence-electron chi connectivity index (χ3n) is 3.55. The summed E-state index contributed by atoms with van der Waals surface area (Å²) >= 11 is 0. The van der Waals surface area contributed by atoms with Crippen molar-refractivity contribution >= 4 is 11.9 Å². The Kier molecular flexibility index (Phi) is 5.62. The zero-order valence-electron chi connectivity index (χ0n) is 12.9. The smallest absolute Gasteiger partial charge is 0.408 e. The molecular weight excluding hydrogens is 254 g/mol. The average molecular weight is 279 g/mol. The molecule has 0 unspecified atom stereocenters. The van der Waals surface area contributed by atoms with Crippen LogP contribution >= 0.6 is 0 Å². The number of unbranched alkanes of at least 4 members (excludes halogenated alkanes) is 1. The van der Waals surface area contributed by atoms with Crippen molar-refractivity contribution in [2.24, 2.45) is 11.3 Å². The van der Waals surface area contributed by atoms with Gasteiger partial charge in [0.1, 0.15) is 6.10 Å². The molecule has 1 amide bonds. The third kappa shape index (κ3) is 5.24. The lowest BCUT2D eigenvalue weighted by atomic mass is 9.85. The summed E-state index contributed by atoms with van der Waals surface area (Å²) in [5, 5.41) is 2.67. The van der Waals surface area contributed by atoms with E-state index in [0.717, 1.165) is 25.7 Å². The van der Waals surface area contributed by atoms with Crippen LogP contribution in [0.2, 0.25) is 0 Å². The summed E-state index contributed by atoms with van der Waals surface area (Å²) in [5.74, 6) is 2.97. The van der Waals surface area contributed by atoms with E-state index in [2.05, 4.69) is 11.2 Å². The molecule has 0 aromatic carbocycles. The zero-order chi connectivity index (χ0) is 15.3. The third-order valence-corrected chi connectivity index (χ3v) is 3.55. The van der Waals surface area contributed by atoms with Gasteiger partial charge in [0.05, 0.1) is 6.04 Å². The summed E-state index contributed by atoms with van der Waals surface area (Å²) in [6.45, 7) is 7.23. The van der Waals surface area contributed by atoms with Gasteiger partial charge in [0, 0.05) is 6.42 Å². The molecule has 1 fully saturated rings. The summed E-state index contributed by atoms with van der Waals surface area (Å²) in [6.07, 6.45) is 8.33. The van der Waals surface area contributed by atoms with Crippen molar-refractivity contribution in [3.63, 3.8) is 0 Å². The number of alkyl carbamates (subject to hydrolysis) is 1. The van der Waals surface area contributed by atoms with Crippen LogP contribution in [0.5, 0.6) is 0 Å². The van der Waals surface area contributed by atoms with E-state index in [4.69, 9.17) is 11.2 Å². The second-order valence-electron chi connectivity index (χ2n) is 6.59. The van der Waals surface area contributed by atoms with Crippen LogP contribution < -0.4 is 5.32 Å². The van der Waals surface area contributed by atoms with Crippen molar-refractivity contribution < 1.29 is 14.3 Å². The topological polar surface area (TPSA) is 55.4 Å². The molecule has 1 saturated carbocycles. The molecule has 112 valence electrons. The van der Waals surface area contributed by atoms with Gasteiger partial charge in [0.25, 0.3) is 0 Å². The standard InChI is InChI=1S/C16H25NO3/c1-6-7-8-9-12-10-13(12)20-15(19)17-14(11(2)18)16(3,4)5/h1,12-14H,7-10H2,2-5H3,(H,17,19)/t12-,13-,14-/m1/s1. The number of rotatable bonds is 6. The average Bonchev–Trinajstić information content (AvgIpc) is 3.03. The lowest BCUT2D eigenvalue weighted by molar-refractivity contribution is -0.121. The number of amides is 1. The quantitative estimate of drug-likeness (QED) is 0.601. The van der Waals surface area contributed by atoms with Gasteiger partial charge in [0.2, 0.25) is 0 Å². The highest BCUT2D eigenvalue weighted by atomic mass is 16.6. The number of Topliss-reactive ketones (excluding diaryl/α,β-unsaturated/α-hetero) is 1. The maximum absolute atomic E-state index is 11.8. The minimum atomic E-state index is -0.520. The van der Waals surface area contributed by atoms with Crippen molar-refractivity contribution in [3.05, 3.63) is 0 Å². The molecule has 1 aliphatic carbocycles. The first-order valence-electron chi connectivity index (χ1n) is 7.16. The van der Waals surface area contributed by atoms with Crippen LogP contribution in [0.25, 0.3) is 0 Å². The fourth-order valence-electron chi connectivity index (χ4n) is 2.35. The van der Waals surface area contributed by atoms with E-state index in [1.165, 1.54) is 6.92 Å². The van der Waals surface area contributed by atoms with E-state index in [-0.39, 0.29) is 17.3 Å². The van der Waals surface area contributed by atoms with Crippen LogP contribution in [0.15, 0.2) is 0 Å². The van der Waals surface area contributed by atoms with Crippen LogP contribution in [0.1, 0.15) is 53.4 Å². The Labute approximate surface area is 121 Å². The van der Waals surface area contributed by atoms with E-state index in [9.17, 15) is 9.59 Å². The van der Waals surface area contributed by atoms with Gasteiger partial charge >= 0.3 is 6.09 Å². The van der Waals surface area contributed by atoms with Crippen LogP contribution in [0, 0.1) is 23.7 Å². The molecule has 3 atom stereocenters. The van der Waals surface area contributed by atoms with E-state index in [1.54, 1.807) is 0 Å². The van der Waals surface area contributed by atoms with Gasteiger partial charge in [-0.15, -0.1) is 12.3 Å². The second-order valence-corrected chi connectivity index (χ2v) is 6.59. The number of carbonyl (C=O) groups is 2. The summed E-state index contributed by atoms with van der Waals surface area (Å²) < 4.78 is 5.33. The Balaban J connectivity index is 2.34. The van der Waals surface area contributed by atoms with Gasteiger partial charge in [-0.3, -0.25) is 4.79 Å². The van der Waals surface area contributed by atoms with Crippen molar-refractivity contribution in [1.29, 1.82) is 0 Å². The van der Waals surface area contributed by atoms with E-state index < -0.39 is 12.1 Å². The molecule has 0 spiro atoms. The molecular formula is C16H25NO3. The highest BCUT2D eigenvalue weighted by Crippen LogP contribution is 2.38.